The second-order valence-corrected chi connectivity index (χ2v) is 7.97. The van der Waals surface area contributed by atoms with Crippen LogP contribution in [0.1, 0.15) is 30.0 Å². The van der Waals surface area contributed by atoms with E-state index in [1.165, 1.54) is 24.3 Å². The molecule has 1 aliphatic rings. The number of imide groups is 1. The Morgan fingerprint density at radius 1 is 0.909 bits per heavy atom. The summed E-state index contributed by atoms with van der Waals surface area (Å²) in [6.45, 7) is 6.51. The van der Waals surface area contributed by atoms with Crippen LogP contribution in [0, 0.1) is 19.7 Å². The van der Waals surface area contributed by atoms with Gasteiger partial charge in [-0.15, -0.1) is 0 Å². The molecule has 3 aromatic carbocycles. The Balaban J connectivity index is 1.77. The number of nitrogens with one attached hydrogen (secondary N) is 1. The average molecular weight is 445 g/mol. The topological polar surface area (TPSA) is 58.6 Å². The first-order valence-electron chi connectivity index (χ1n) is 10.8. The number of anilines is 2. The van der Waals surface area contributed by atoms with Crippen LogP contribution in [0.4, 0.5) is 15.8 Å². The van der Waals surface area contributed by atoms with Crippen molar-refractivity contribution in [2.75, 3.05) is 16.8 Å². The van der Waals surface area contributed by atoms with Crippen LogP contribution in [0.3, 0.4) is 0 Å². The van der Waals surface area contributed by atoms with Gasteiger partial charge in [0.2, 0.25) is 0 Å². The Morgan fingerprint density at radius 3 is 2.36 bits per heavy atom. The number of nitrogens with zero attached hydrogens (tertiary/aromatic N) is 1. The molecule has 1 aliphatic heterocycles. The minimum absolute atomic E-state index is 0.148. The van der Waals surface area contributed by atoms with Crippen molar-refractivity contribution in [2.45, 2.75) is 27.2 Å². The SMILES string of the molecule is CCCOc1cccc(N2C(=O)C(Nc3ccc(C)c(C)c3)=C(c3ccc(F)cc3)C2=O)c1. The molecule has 1 heterocycles. The Morgan fingerprint density at radius 2 is 1.67 bits per heavy atom. The number of hydrogen-bond donors (Lipinski definition) is 1. The Labute approximate surface area is 192 Å². The average Bonchev–Trinajstić information content (AvgIpc) is 3.05. The van der Waals surface area contributed by atoms with Crippen molar-refractivity contribution < 1.29 is 18.7 Å². The molecule has 0 saturated carbocycles. The minimum Gasteiger partial charge on any atom is -0.494 e. The van der Waals surface area contributed by atoms with Gasteiger partial charge < -0.3 is 10.1 Å². The molecule has 0 aromatic heterocycles. The van der Waals surface area contributed by atoms with Crippen molar-refractivity contribution >= 4 is 28.8 Å². The third-order valence-corrected chi connectivity index (χ3v) is 5.54. The number of ether oxygens (including phenoxy) is 1. The molecule has 0 unspecified atom stereocenters. The highest BCUT2D eigenvalue weighted by Crippen LogP contribution is 2.35. The molecule has 0 fully saturated rings. The van der Waals surface area contributed by atoms with E-state index in [0.29, 0.717) is 29.3 Å². The third-order valence-electron chi connectivity index (χ3n) is 5.54. The zero-order valence-electron chi connectivity index (χ0n) is 18.8. The summed E-state index contributed by atoms with van der Waals surface area (Å²) in [5, 5.41) is 3.14. The molecular weight excluding hydrogens is 419 g/mol. The molecule has 1 N–H and O–H groups in total. The van der Waals surface area contributed by atoms with Crippen LogP contribution in [-0.4, -0.2) is 18.4 Å². The molecule has 5 nitrogen and oxygen atoms in total. The normalized spacial score (nSPS) is 13.6. The van der Waals surface area contributed by atoms with Gasteiger partial charge in [0, 0.05) is 11.8 Å². The van der Waals surface area contributed by atoms with Crippen molar-refractivity contribution in [2.24, 2.45) is 0 Å². The van der Waals surface area contributed by atoms with Crippen molar-refractivity contribution in [3.05, 3.63) is 94.9 Å². The highest BCUT2D eigenvalue weighted by Gasteiger charge is 2.40. The first kappa shape index (κ1) is 22.3. The van der Waals surface area contributed by atoms with E-state index in [2.05, 4.69) is 5.32 Å². The second-order valence-electron chi connectivity index (χ2n) is 7.97. The fourth-order valence-corrected chi connectivity index (χ4v) is 3.66. The molecule has 2 amide bonds. The predicted molar refractivity (Wildman–Crippen MR) is 128 cm³/mol. The summed E-state index contributed by atoms with van der Waals surface area (Å²) in [6.07, 6.45) is 0.839. The van der Waals surface area contributed by atoms with Gasteiger partial charge in [-0.1, -0.05) is 31.2 Å². The molecule has 0 radical (unpaired) electrons. The van der Waals surface area contributed by atoms with Gasteiger partial charge in [-0.25, -0.2) is 9.29 Å². The lowest BCUT2D eigenvalue weighted by Gasteiger charge is -2.17. The van der Waals surface area contributed by atoms with Crippen molar-refractivity contribution in [3.63, 3.8) is 0 Å². The molecule has 168 valence electrons. The molecule has 0 spiro atoms. The first-order chi connectivity index (χ1) is 15.9. The van der Waals surface area contributed by atoms with Crippen molar-refractivity contribution in [3.8, 4) is 5.75 Å². The van der Waals surface area contributed by atoms with Crippen LogP contribution in [0.5, 0.6) is 5.75 Å². The monoisotopic (exact) mass is 444 g/mol. The molecule has 0 saturated heterocycles. The van der Waals surface area contributed by atoms with E-state index >= 15 is 0 Å². The summed E-state index contributed by atoms with van der Waals surface area (Å²) >= 11 is 0. The number of aryl methyl sites for hydroxylation is 2. The first-order valence-corrected chi connectivity index (χ1v) is 10.8. The summed E-state index contributed by atoms with van der Waals surface area (Å²) in [5.41, 5.74) is 4.08. The van der Waals surface area contributed by atoms with E-state index in [9.17, 15) is 14.0 Å². The Kier molecular flexibility index (Phi) is 6.27. The van der Waals surface area contributed by atoms with Gasteiger partial charge in [0.25, 0.3) is 11.8 Å². The summed E-state index contributed by atoms with van der Waals surface area (Å²) in [6, 6.07) is 18.2. The van der Waals surface area contributed by atoms with Crippen LogP contribution in [0.2, 0.25) is 0 Å². The molecule has 6 heteroatoms. The number of carbonyl (C=O) groups is 2. The highest BCUT2D eigenvalue weighted by atomic mass is 19.1. The minimum atomic E-state index is -0.481. The van der Waals surface area contributed by atoms with Gasteiger partial charge in [-0.2, -0.15) is 0 Å². The molecule has 0 atom stereocenters. The van der Waals surface area contributed by atoms with Crippen LogP contribution in [-0.2, 0) is 9.59 Å². The van der Waals surface area contributed by atoms with Crippen LogP contribution >= 0.6 is 0 Å². The van der Waals surface area contributed by atoms with Crippen molar-refractivity contribution in [1.82, 2.24) is 0 Å². The van der Waals surface area contributed by atoms with Gasteiger partial charge in [0.05, 0.1) is 17.9 Å². The van der Waals surface area contributed by atoms with E-state index in [-0.39, 0.29) is 11.3 Å². The lowest BCUT2D eigenvalue weighted by Crippen LogP contribution is -2.32. The highest BCUT2D eigenvalue weighted by molar-refractivity contribution is 6.46. The fourth-order valence-electron chi connectivity index (χ4n) is 3.66. The summed E-state index contributed by atoms with van der Waals surface area (Å²) < 4.78 is 19.2. The predicted octanol–water partition coefficient (Wildman–Crippen LogP) is 5.63. The maximum absolute atomic E-state index is 13.6. The third kappa shape index (κ3) is 4.51. The van der Waals surface area contributed by atoms with Gasteiger partial charge in [-0.3, -0.25) is 9.59 Å². The van der Waals surface area contributed by atoms with Crippen LogP contribution < -0.4 is 15.0 Å². The fraction of sp³-hybridized carbons (Fsp3) is 0.185. The van der Waals surface area contributed by atoms with Gasteiger partial charge in [0.1, 0.15) is 17.3 Å². The summed E-state index contributed by atoms with van der Waals surface area (Å²) in [5.74, 6) is -0.804. The van der Waals surface area contributed by atoms with Gasteiger partial charge in [0.15, 0.2) is 0 Å². The maximum Gasteiger partial charge on any atom is 0.282 e. The zero-order valence-corrected chi connectivity index (χ0v) is 18.8. The number of carbonyl (C=O) groups excluding carboxylic acids is 2. The Hall–Kier alpha value is -3.93. The molecule has 0 bridgehead atoms. The molecule has 0 aliphatic carbocycles. The maximum atomic E-state index is 13.6. The zero-order chi connectivity index (χ0) is 23.5. The standard InChI is InChI=1S/C27H25FN2O3/c1-4-14-33-23-7-5-6-22(16-23)30-26(31)24(19-9-11-20(28)12-10-19)25(27(30)32)29-21-13-8-17(2)18(3)15-21/h5-13,15-16,29H,4,14H2,1-3H3. The number of hydrogen-bond acceptors (Lipinski definition) is 4. The van der Waals surface area contributed by atoms with E-state index < -0.39 is 17.6 Å². The van der Waals surface area contributed by atoms with Gasteiger partial charge >= 0.3 is 0 Å². The second kappa shape index (κ2) is 9.28. The van der Waals surface area contributed by atoms with Crippen LogP contribution in [0.25, 0.3) is 5.57 Å². The number of halogens is 1. The Bertz CT molecular complexity index is 1250. The number of rotatable bonds is 7. The van der Waals surface area contributed by atoms with Gasteiger partial charge in [-0.05, 0) is 73.4 Å². The van der Waals surface area contributed by atoms with Crippen molar-refractivity contribution in [1.29, 1.82) is 0 Å². The van der Waals surface area contributed by atoms with E-state index in [4.69, 9.17) is 4.74 Å². The van der Waals surface area contributed by atoms with E-state index in [1.54, 1.807) is 24.3 Å². The molecule has 33 heavy (non-hydrogen) atoms. The smallest absolute Gasteiger partial charge is 0.282 e. The lowest BCUT2D eigenvalue weighted by molar-refractivity contribution is -0.120. The quantitative estimate of drug-likeness (QED) is 0.480. The van der Waals surface area contributed by atoms with Crippen LogP contribution in [0.15, 0.2) is 72.4 Å². The summed E-state index contributed by atoms with van der Waals surface area (Å²) in [4.78, 5) is 28.2. The summed E-state index contributed by atoms with van der Waals surface area (Å²) in [7, 11) is 0. The number of benzene rings is 3. The van der Waals surface area contributed by atoms with E-state index in [1.807, 2.05) is 39.0 Å². The molecule has 3 aromatic rings. The molecule has 4 rings (SSSR count). The molecular formula is C27H25FN2O3. The number of amides is 2. The van der Waals surface area contributed by atoms with E-state index in [0.717, 1.165) is 22.4 Å². The largest absolute Gasteiger partial charge is 0.494 e. The lowest BCUT2D eigenvalue weighted by atomic mass is 10.0.